The van der Waals surface area contributed by atoms with Crippen molar-refractivity contribution in [1.29, 1.82) is 0 Å². The molecule has 100 valence electrons. The second-order valence-electron chi connectivity index (χ2n) is 4.10. The van der Waals surface area contributed by atoms with E-state index in [1.54, 1.807) is 12.1 Å². The maximum atomic E-state index is 10.9. The average molecular weight is 317 g/mol. The number of hydrogen-bond acceptors (Lipinski definition) is 4. The molecule has 1 aromatic carbocycles. The molecule has 1 atom stereocenters. The fraction of sp³-hybridized carbons (Fsp3) is 0.500. The van der Waals surface area contributed by atoms with Crippen LogP contribution in [0.5, 0.6) is 0 Å². The smallest absolute Gasteiger partial charge is 0.275 e. The van der Waals surface area contributed by atoms with E-state index in [2.05, 4.69) is 21.2 Å². The summed E-state index contributed by atoms with van der Waals surface area (Å²) in [5, 5.41) is 23.5. The Kier molecular flexibility index (Phi) is 6.24. The third-order valence-electron chi connectivity index (χ3n) is 2.56. The van der Waals surface area contributed by atoms with Crippen molar-refractivity contribution in [2.75, 3.05) is 6.54 Å². The molecule has 0 fully saturated rings. The normalized spacial score (nSPS) is 12.4. The molecule has 0 radical (unpaired) electrons. The van der Waals surface area contributed by atoms with Gasteiger partial charge < -0.3 is 10.4 Å². The van der Waals surface area contributed by atoms with Gasteiger partial charge in [0.2, 0.25) is 0 Å². The lowest BCUT2D eigenvalue weighted by Crippen LogP contribution is -2.26. The molecular formula is C12H17BrN2O3. The number of aliphatic hydroxyl groups is 1. The van der Waals surface area contributed by atoms with Crippen LogP contribution >= 0.6 is 15.9 Å². The lowest BCUT2D eigenvalue weighted by Gasteiger charge is -2.10. The number of benzene rings is 1. The van der Waals surface area contributed by atoms with Crippen molar-refractivity contribution in [1.82, 2.24) is 5.32 Å². The highest BCUT2D eigenvalue weighted by molar-refractivity contribution is 9.10. The summed E-state index contributed by atoms with van der Waals surface area (Å²) in [5.74, 6) is 0. The molecule has 0 bridgehead atoms. The van der Waals surface area contributed by atoms with Crippen LogP contribution in [0.3, 0.4) is 0 Å². The molecule has 1 unspecified atom stereocenters. The minimum absolute atomic E-state index is 0.0851. The highest BCUT2D eigenvalue weighted by atomic mass is 79.9. The van der Waals surface area contributed by atoms with E-state index >= 15 is 0 Å². The van der Waals surface area contributed by atoms with Gasteiger partial charge in [-0.15, -0.1) is 0 Å². The maximum absolute atomic E-state index is 10.9. The molecule has 0 heterocycles. The number of nitrogens with zero attached hydrogens (tertiary/aromatic N) is 1. The molecule has 0 aromatic heterocycles. The Hall–Kier alpha value is -0.980. The topological polar surface area (TPSA) is 75.4 Å². The first-order chi connectivity index (χ1) is 8.54. The summed E-state index contributed by atoms with van der Waals surface area (Å²) >= 11 is 3.21. The van der Waals surface area contributed by atoms with Crippen molar-refractivity contribution in [3.63, 3.8) is 0 Å². The van der Waals surface area contributed by atoms with E-state index in [0.29, 0.717) is 23.1 Å². The van der Waals surface area contributed by atoms with Gasteiger partial charge in [0.25, 0.3) is 5.69 Å². The standard InChI is InChI=1S/C12H17BrN2O3/c1-2-3-11(16)8-14-7-9-4-5-10(13)6-12(9)15(17)18/h4-6,11,14,16H,2-3,7-8H2,1H3. The Morgan fingerprint density at radius 3 is 2.89 bits per heavy atom. The molecule has 18 heavy (non-hydrogen) atoms. The zero-order valence-electron chi connectivity index (χ0n) is 10.2. The van der Waals surface area contributed by atoms with Gasteiger partial charge in [0.1, 0.15) is 0 Å². The van der Waals surface area contributed by atoms with Crippen LogP contribution < -0.4 is 5.32 Å². The van der Waals surface area contributed by atoms with Crippen molar-refractivity contribution in [3.8, 4) is 0 Å². The summed E-state index contributed by atoms with van der Waals surface area (Å²) in [5.41, 5.74) is 0.703. The van der Waals surface area contributed by atoms with E-state index in [-0.39, 0.29) is 5.69 Å². The lowest BCUT2D eigenvalue weighted by molar-refractivity contribution is -0.385. The average Bonchev–Trinajstić information content (AvgIpc) is 2.31. The van der Waals surface area contributed by atoms with E-state index in [9.17, 15) is 15.2 Å². The molecule has 0 aliphatic carbocycles. The number of halogens is 1. The van der Waals surface area contributed by atoms with Gasteiger partial charge in [-0.05, 0) is 18.6 Å². The van der Waals surface area contributed by atoms with E-state index < -0.39 is 11.0 Å². The molecular weight excluding hydrogens is 300 g/mol. The molecule has 0 amide bonds. The Bertz CT molecular complexity index is 412. The van der Waals surface area contributed by atoms with E-state index in [1.807, 2.05) is 6.92 Å². The Morgan fingerprint density at radius 2 is 2.28 bits per heavy atom. The van der Waals surface area contributed by atoms with Crippen molar-refractivity contribution in [3.05, 3.63) is 38.3 Å². The van der Waals surface area contributed by atoms with Gasteiger partial charge in [0.05, 0.1) is 11.0 Å². The molecule has 0 aliphatic rings. The third-order valence-corrected chi connectivity index (χ3v) is 3.05. The summed E-state index contributed by atoms with van der Waals surface area (Å²) < 4.78 is 0.684. The van der Waals surface area contributed by atoms with Gasteiger partial charge in [0.15, 0.2) is 0 Å². The van der Waals surface area contributed by atoms with Gasteiger partial charge in [-0.3, -0.25) is 10.1 Å². The van der Waals surface area contributed by atoms with Gasteiger partial charge >= 0.3 is 0 Å². The number of nitrogens with one attached hydrogen (secondary N) is 1. The molecule has 0 saturated carbocycles. The number of rotatable bonds is 7. The van der Waals surface area contributed by atoms with E-state index in [1.165, 1.54) is 6.07 Å². The van der Waals surface area contributed by atoms with Crippen LogP contribution in [0.1, 0.15) is 25.3 Å². The molecule has 6 heteroatoms. The van der Waals surface area contributed by atoms with Gasteiger partial charge in [-0.2, -0.15) is 0 Å². The summed E-state index contributed by atoms with van der Waals surface area (Å²) in [6.45, 7) is 2.83. The fourth-order valence-corrected chi connectivity index (χ4v) is 2.01. The Balaban J connectivity index is 2.59. The molecule has 1 rings (SSSR count). The number of hydrogen-bond donors (Lipinski definition) is 2. The third kappa shape index (κ3) is 4.72. The van der Waals surface area contributed by atoms with Gasteiger partial charge in [-0.1, -0.05) is 29.3 Å². The minimum Gasteiger partial charge on any atom is -0.392 e. The summed E-state index contributed by atoms with van der Waals surface area (Å²) in [7, 11) is 0. The van der Waals surface area contributed by atoms with E-state index in [0.717, 1.165) is 12.8 Å². The van der Waals surface area contributed by atoms with Crippen molar-refractivity contribution in [2.45, 2.75) is 32.4 Å². The second-order valence-corrected chi connectivity index (χ2v) is 5.02. The maximum Gasteiger partial charge on any atom is 0.275 e. The molecule has 1 aromatic rings. The summed E-state index contributed by atoms with van der Waals surface area (Å²) in [6.07, 6.45) is 1.25. The lowest BCUT2D eigenvalue weighted by atomic mass is 10.1. The monoisotopic (exact) mass is 316 g/mol. The first kappa shape index (κ1) is 15.1. The first-order valence-electron chi connectivity index (χ1n) is 5.86. The SMILES string of the molecule is CCCC(O)CNCc1ccc(Br)cc1[N+](=O)[O-]. The summed E-state index contributed by atoms with van der Waals surface area (Å²) in [6, 6.07) is 4.97. The van der Waals surface area contributed by atoms with Crippen LogP contribution in [0.2, 0.25) is 0 Å². The highest BCUT2D eigenvalue weighted by Gasteiger charge is 2.13. The quantitative estimate of drug-likeness (QED) is 0.599. The molecule has 0 aliphatic heterocycles. The van der Waals surface area contributed by atoms with Crippen molar-refractivity contribution < 1.29 is 10.0 Å². The molecule has 0 saturated heterocycles. The van der Waals surface area contributed by atoms with Crippen molar-refractivity contribution >= 4 is 21.6 Å². The zero-order chi connectivity index (χ0) is 13.5. The van der Waals surface area contributed by atoms with Crippen LogP contribution in [0.25, 0.3) is 0 Å². The number of nitro benzene ring substituents is 1. The van der Waals surface area contributed by atoms with Gasteiger partial charge in [-0.25, -0.2) is 0 Å². The number of nitro groups is 1. The Labute approximate surface area is 114 Å². The molecule has 0 spiro atoms. The van der Waals surface area contributed by atoms with Crippen LogP contribution in [-0.4, -0.2) is 22.7 Å². The van der Waals surface area contributed by atoms with Crippen molar-refractivity contribution in [2.24, 2.45) is 0 Å². The summed E-state index contributed by atoms with van der Waals surface area (Å²) in [4.78, 5) is 10.5. The Morgan fingerprint density at radius 1 is 1.56 bits per heavy atom. The van der Waals surface area contributed by atoms with Gasteiger partial charge in [0, 0.05) is 29.2 Å². The van der Waals surface area contributed by atoms with E-state index in [4.69, 9.17) is 0 Å². The van der Waals surface area contributed by atoms with Crippen LogP contribution in [0.15, 0.2) is 22.7 Å². The second kappa shape index (κ2) is 7.45. The largest absolute Gasteiger partial charge is 0.392 e. The number of aliphatic hydroxyl groups excluding tert-OH is 1. The zero-order valence-corrected chi connectivity index (χ0v) is 11.8. The van der Waals surface area contributed by atoms with Crippen LogP contribution in [0.4, 0.5) is 5.69 Å². The first-order valence-corrected chi connectivity index (χ1v) is 6.65. The molecule has 5 nitrogen and oxygen atoms in total. The minimum atomic E-state index is -0.399. The predicted molar refractivity (Wildman–Crippen MR) is 73.4 cm³/mol. The van der Waals surface area contributed by atoms with Crippen LogP contribution in [0, 0.1) is 10.1 Å². The fourth-order valence-electron chi connectivity index (χ4n) is 1.67. The predicted octanol–water partition coefficient (Wildman–Crippen LogP) is 2.61. The van der Waals surface area contributed by atoms with Crippen LogP contribution in [-0.2, 0) is 6.54 Å². The highest BCUT2D eigenvalue weighted by Crippen LogP contribution is 2.23. The molecule has 2 N–H and O–H groups in total.